The van der Waals surface area contributed by atoms with Gasteiger partial charge in [0.05, 0.1) is 5.01 Å². The van der Waals surface area contributed by atoms with Crippen molar-refractivity contribution in [3.63, 3.8) is 0 Å². The third-order valence-electron chi connectivity index (χ3n) is 4.71. The zero-order valence-electron chi connectivity index (χ0n) is 12.5. The third-order valence-corrected chi connectivity index (χ3v) is 5.70. The van der Waals surface area contributed by atoms with Gasteiger partial charge in [0.15, 0.2) is 0 Å². The van der Waals surface area contributed by atoms with Crippen LogP contribution in [-0.4, -0.2) is 34.6 Å². The van der Waals surface area contributed by atoms with Gasteiger partial charge in [0.1, 0.15) is 0 Å². The second kappa shape index (κ2) is 6.33. The molecular formula is C15H27N3S. The Morgan fingerprint density at radius 1 is 1.37 bits per heavy atom. The molecule has 19 heavy (non-hydrogen) atoms. The lowest BCUT2D eigenvalue weighted by molar-refractivity contribution is 0.0768. The maximum atomic E-state index is 6.62. The first-order valence-corrected chi connectivity index (χ1v) is 8.42. The van der Waals surface area contributed by atoms with E-state index in [9.17, 15) is 0 Å². The van der Waals surface area contributed by atoms with Crippen molar-refractivity contribution in [1.82, 2.24) is 9.88 Å². The fraction of sp³-hybridized carbons (Fsp3) is 0.800. The molecule has 1 fully saturated rings. The molecule has 1 aromatic heterocycles. The second-order valence-electron chi connectivity index (χ2n) is 5.70. The Labute approximate surface area is 121 Å². The van der Waals surface area contributed by atoms with Crippen molar-refractivity contribution in [1.29, 1.82) is 0 Å². The van der Waals surface area contributed by atoms with Crippen LogP contribution in [0.1, 0.15) is 50.2 Å². The lowest BCUT2D eigenvalue weighted by Gasteiger charge is -2.45. The Bertz CT molecular complexity index is 392. The minimum atomic E-state index is 0.163. The first kappa shape index (κ1) is 14.9. The van der Waals surface area contributed by atoms with Crippen LogP contribution in [0.2, 0.25) is 0 Å². The standard InChI is InChI=1S/C15H27N3S/c1-4-15(5-2,18-8-6-7-9-18)13(16)10-14-17-12(3)11-19-14/h11,13H,4-10,16H2,1-3H3. The zero-order valence-corrected chi connectivity index (χ0v) is 13.3. The van der Waals surface area contributed by atoms with Crippen molar-refractivity contribution in [2.75, 3.05) is 13.1 Å². The fourth-order valence-corrected chi connectivity index (χ4v) is 4.32. The van der Waals surface area contributed by atoms with E-state index in [0.29, 0.717) is 0 Å². The number of hydrogen-bond acceptors (Lipinski definition) is 4. The first-order valence-electron chi connectivity index (χ1n) is 7.54. The molecule has 0 radical (unpaired) electrons. The molecule has 2 rings (SSSR count). The maximum absolute atomic E-state index is 6.62. The molecule has 0 bridgehead atoms. The normalized spacial score (nSPS) is 18.9. The molecule has 3 nitrogen and oxygen atoms in total. The van der Waals surface area contributed by atoms with E-state index in [0.717, 1.165) is 25.0 Å². The van der Waals surface area contributed by atoms with E-state index in [4.69, 9.17) is 5.73 Å². The van der Waals surface area contributed by atoms with Gasteiger partial charge < -0.3 is 5.73 Å². The average molecular weight is 281 g/mol. The van der Waals surface area contributed by atoms with Crippen LogP contribution in [0.3, 0.4) is 0 Å². The van der Waals surface area contributed by atoms with E-state index in [2.05, 4.69) is 36.0 Å². The molecule has 0 spiro atoms. The van der Waals surface area contributed by atoms with Crippen LogP contribution in [0.15, 0.2) is 5.38 Å². The number of rotatable bonds is 6. The van der Waals surface area contributed by atoms with Gasteiger partial charge in [-0.05, 0) is 45.7 Å². The molecule has 2 heterocycles. The summed E-state index contributed by atoms with van der Waals surface area (Å²) in [4.78, 5) is 7.22. The Hall–Kier alpha value is -0.450. The van der Waals surface area contributed by atoms with Crippen LogP contribution in [0.5, 0.6) is 0 Å². The molecule has 1 atom stereocenters. The summed E-state index contributed by atoms with van der Waals surface area (Å²) in [6.45, 7) is 9.06. The van der Waals surface area contributed by atoms with Gasteiger partial charge in [-0.15, -0.1) is 11.3 Å². The van der Waals surface area contributed by atoms with E-state index in [1.807, 2.05) is 0 Å². The highest BCUT2D eigenvalue weighted by Gasteiger charge is 2.40. The second-order valence-corrected chi connectivity index (χ2v) is 6.64. The number of aryl methyl sites for hydroxylation is 1. The summed E-state index contributed by atoms with van der Waals surface area (Å²) < 4.78 is 0. The van der Waals surface area contributed by atoms with Crippen molar-refractivity contribution >= 4 is 11.3 Å². The molecule has 1 aliphatic rings. The maximum Gasteiger partial charge on any atom is 0.0944 e. The van der Waals surface area contributed by atoms with Crippen LogP contribution in [0, 0.1) is 6.92 Å². The minimum absolute atomic E-state index is 0.163. The monoisotopic (exact) mass is 281 g/mol. The number of aromatic nitrogens is 1. The molecule has 0 aliphatic carbocycles. The number of hydrogen-bond donors (Lipinski definition) is 1. The lowest BCUT2D eigenvalue weighted by atomic mass is 9.81. The summed E-state index contributed by atoms with van der Waals surface area (Å²) in [5, 5.41) is 3.31. The molecule has 108 valence electrons. The summed E-state index contributed by atoms with van der Waals surface area (Å²) >= 11 is 1.75. The quantitative estimate of drug-likeness (QED) is 0.871. The van der Waals surface area contributed by atoms with Crippen LogP contribution >= 0.6 is 11.3 Å². The van der Waals surface area contributed by atoms with Gasteiger partial charge in [-0.1, -0.05) is 13.8 Å². The van der Waals surface area contributed by atoms with Crippen molar-refractivity contribution in [3.05, 3.63) is 16.1 Å². The van der Waals surface area contributed by atoms with Gasteiger partial charge in [0.2, 0.25) is 0 Å². The highest BCUT2D eigenvalue weighted by Crippen LogP contribution is 2.32. The molecule has 1 aromatic rings. The number of likely N-dealkylation sites (tertiary alicyclic amines) is 1. The van der Waals surface area contributed by atoms with Gasteiger partial charge in [-0.3, -0.25) is 4.90 Å². The van der Waals surface area contributed by atoms with E-state index < -0.39 is 0 Å². The Morgan fingerprint density at radius 2 is 2.00 bits per heavy atom. The molecule has 0 saturated carbocycles. The van der Waals surface area contributed by atoms with Crippen LogP contribution in [0.25, 0.3) is 0 Å². The van der Waals surface area contributed by atoms with E-state index in [1.54, 1.807) is 11.3 Å². The van der Waals surface area contributed by atoms with Gasteiger partial charge in [-0.25, -0.2) is 4.98 Å². The molecule has 0 amide bonds. The minimum Gasteiger partial charge on any atom is -0.326 e. The van der Waals surface area contributed by atoms with Crippen LogP contribution < -0.4 is 5.73 Å². The Balaban J connectivity index is 2.13. The van der Waals surface area contributed by atoms with Gasteiger partial charge >= 0.3 is 0 Å². The predicted molar refractivity (Wildman–Crippen MR) is 82.7 cm³/mol. The Morgan fingerprint density at radius 3 is 2.47 bits per heavy atom. The summed E-state index contributed by atoms with van der Waals surface area (Å²) in [5.41, 5.74) is 7.90. The van der Waals surface area contributed by atoms with Crippen LogP contribution in [0.4, 0.5) is 0 Å². The van der Waals surface area contributed by atoms with Crippen molar-refractivity contribution < 1.29 is 0 Å². The van der Waals surface area contributed by atoms with Gasteiger partial charge in [0.25, 0.3) is 0 Å². The molecule has 2 N–H and O–H groups in total. The van der Waals surface area contributed by atoms with Crippen LogP contribution in [-0.2, 0) is 6.42 Å². The highest BCUT2D eigenvalue weighted by atomic mass is 32.1. The Kier molecular flexibility index (Phi) is 4.98. The molecule has 1 unspecified atom stereocenters. The van der Waals surface area contributed by atoms with Crippen molar-refractivity contribution in [2.24, 2.45) is 5.73 Å². The predicted octanol–water partition coefficient (Wildman–Crippen LogP) is 2.98. The number of nitrogens with zero attached hydrogens (tertiary/aromatic N) is 2. The summed E-state index contributed by atoms with van der Waals surface area (Å²) in [7, 11) is 0. The number of thiazole rings is 1. The summed E-state index contributed by atoms with van der Waals surface area (Å²) in [6, 6.07) is 0.186. The van der Waals surface area contributed by atoms with E-state index >= 15 is 0 Å². The number of nitrogens with two attached hydrogens (primary N) is 1. The lowest BCUT2D eigenvalue weighted by Crippen LogP contribution is -2.59. The van der Waals surface area contributed by atoms with Gasteiger partial charge in [-0.2, -0.15) is 0 Å². The van der Waals surface area contributed by atoms with Gasteiger partial charge in [0, 0.05) is 29.1 Å². The van der Waals surface area contributed by atoms with Crippen molar-refractivity contribution in [2.45, 2.75) is 64.5 Å². The summed E-state index contributed by atoms with van der Waals surface area (Å²) in [6.07, 6.45) is 5.83. The smallest absolute Gasteiger partial charge is 0.0944 e. The summed E-state index contributed by atoms with van der Waals surface area (Å²) in [5.74, 6) is 0. The van der Waals surface area contributed by atoms with E-state index in [1.165, 1.54) is 30.9 Å². The van der Waals surface area contributed by atoms with E-state index in [-0.39, 0.29) is 11.6 Å². The largest absolute Gasteiger partial charge is 0.326 e. The average Bonchev–Trinajstić information content (AvgIpc) is 3.04. The molecule has 0 aromatic carbocycles. The van der Waals surface area contributed by atoms with Crippen molar-refractivity contribution in [3.8, 4) is 0 Å². The molecule has 1 saturated heterocycles. The third kappa shape index (κ3) is 3.01. The molecular weight excluding hydrogens is 254 g/mol. The molecule has 1 aliphatic heterocycles. The SMILES string of the molecule is CCC(CC)(C(N)Cc1nc(C)cs1)N1CCCC1. The highest BCUT2D eigenvalue weighted by molar-refractivity contribution is 7.09. The first-order chi connectivity index (χ1) is 9.12. The molecule has 4 heteroatoms. The topological polar surface area (TPSA) is 42.1 Å². The zero-order chi connectivity index (χ0) is 13.9. The fourth-order valence-electron chi connectivity index (χ4n) is 3.49.